The molecule has 2 rings (SSSR count). The van der Waals surface area contributed by atoms with Crippen molar-refractivity contribution < 1.29 is 14.3 Å². The Morgan fingerprint density at radius 3 is 2.40 bits per heavy atom. The Morgan fingerprint density at radius 2 is 1.80 bits per heavy atom. The summed E-state index contributed by atoms with van der Waals surface area (Å²) in [5, 5.41) is 0. The maximum absolute atomic E-state index is 12.3. The fraction of sp³-hybridized carbons (Fsp3) is 0.600. The lowest BCUT2D eigenvalue weighted by atomic mass is 9.83. The fourth-order valence-corrected chi connectivity index (χ4v) is 2.92. The molecule has 1 aromatic carbocycles. The van der Waals surface area contributed by atoms with Crippen LogP contribution in [0.2, 0.25) is 0 Å². The minimum absolute atomic E-state index is 0.0997. The van der Waals surface area contributed by atoms with Gasteiger partial charge in [0.2, 0.25) is 11.8 Å². The highest BCUT2D eigenvalue weighted by Gasteiger charge is 2.22. The molecule has 1 aliphatic rings. The van der Waals surface area contributed by atoms with Gasteiger partial charge in [-0.1, -0.05) is 18.6 Å². The van der Waals surface area contributed by atoms with E-state index in [4.69, 9.17) is 4.74 Å². The molecule has 1 saturated carbocycles. The van der Waals surface area contributed by atoms with E-state index in [9.17, 15) is 9.59 Å². The van der Waals surface area contributed by atoms with Crippen LogP contribution in [0, 0.1) is 5.92 Å². The fourth-order valence-electron chi connectivity index (χ4n) is 2.92. The van der Waals surface area contributed by atoms with Crippen LogP contribution in [-0.2, 0) is 16.0 Å². The first-order valence-corrected chi connectivity index (χ1v) is 9.10. The summed E-state index contributed by atoms with van der Waals surface area (Å²) >= 11 is 0. The highest BCUT2D eigenvalue weighted by molar-refractivity contribution is 5.77. The van der Waals surface area contributed by atoms with Gasteiger partial charge in [0.25, 0.3) is 0 Å². The average molecular weight is 346 g/mol. The molecule has 0 radical (unpaired) electrons. The van der Waals surface area contributed by atoms with Gasteiger partial charge in [-0.05, 0) is 42.9 Å². The smallest absolute Gasteiger partial charge is 0.222 e. The van der Waals surface area contributed by atoms with Crippen molar-refractivity contribution in [2.24, 2.45) is 5.92 Å². The highest BCUT2D eigenvalue weighted by Crippen LogP contribution is 2.29. The van der Waals surface area contributed by atoms with E-state index in [1.807, 2.05) is 31.3 Å². The van der Waals surface area contributed by atoms with E-state index in [1.54, 1.807) is 24.0 Å². The summed E-state index contributed by atoms with van der Waals surface area (Å²) in [5.41, 5.74) is 1.09. The highest BCUT2D eigenvalue weighted by atomic mass is 16.5. The van der Waals surface area contributed by atoms with Gasteiger partial charge in [0.15, 0.2) is 0 Å². The predicted octanol–water partition coefficient (Wildman–Crippen LogP) is 2.73. The number of hydrogen-bond donors (Lipinski definition) is 0. The number of hydrogen-bond acceptors (Lipinski definition) is 3. The lowest BCUT2D eigenvalue weighted by Gasteiger charge is -2.28. The lowest BCUT2D eigenvalue weighted by molar-refractivity contribution is -0.134. The van der Waals surface area contributed by atoms with Crippen molar-refractivity contribution in [3.05, 3.63) is 29.8 Å². The number of likely N-dealkylation sites (N-methyl/N-ethyl adjacent to an activating group) is 2. The summed E-state index contributed by atoms with van der Waals surface area (Å²) in [6.45, 7) is 1.16. The van der Waals surface area contributed by atoms with Gasteiger partial charge < -0.3 is 14.5 Å². The summed E-state index contributed by atoms with van der Waals surface area (Å²) in [6.07, 6.45) is 5.43. The van der Waals surface area contributed by atoms with Crippen LogP contribution < -0.4 is 4.74 Å². The second kappa shape index (κ2) is 9.44. The molecular formula is C20H30N2O3. The van der Waals surface area contributed by atoms with Crippen molar-refractivity contribution in [2.75, 3.05) is 34.3 Å². The Kier molecular flexibility index (Phi) is 7.29. The van der Waals surface area contributed by atoms with Crippen molar-refractivity contribution in [3.8, 4) is 5.75 Å². The molecule has 0 aliphatic heterocycles. The molecule has 5 nitrogen and oxygen atoms in total. The monoisotopic (exact) mass is 346 g/mol. The largest absolute Gasteiger partial charge is 0.497 e. The quantitative estimate of drug-likeness (QED) is 0.691. The zero-order valence-corrected chi connectivity index (χ0v) is 15.7. The predicted molar refractivity (Wildman–Crippen MR) is 98.5 cm³/mol. The maximum Gasteiger partial charge on any atom is 0.222 e. The average Bonchev–Trinajstić information content (AvgIpc) is 2.60. The molecule has 2 amide bonds. The van der Waals surface area contributed by atoms with E-state index in [-0.39, 0.29) is 11.8 Å². The van der Waals surface area contributed by atoms with Crippen LogP contribution in [0.25, 0.3) is 0 Å². The van der Waals surface area contributed by atoms with Gasteiger partial charge in [-0.15, -0.1) is 0 Å². The molecule has 0 heterocycles. The molecule has 0 bridgehead atoms. The van der Waals surface area contributed by atoms with E-state index in [2.05, 4.69) is 0 Å². The Hall–Kier alpha value is -2.04. The van der Waals surface area contributed by atoms with E-state index >= 15 is 0 Å². The van der Waals surface area contributed by atoms with Gasteiger partial charge in [0.1, 0.15) is 5.75 Å². The van der Waals surface area contributed by atoms with E-state index < -0.39 is 0 Å². The lowest BCUT2D eigenvalue weighted by Crippen LogP contribution is -2.38. The number of nitrogens with zero attached hydrogens (tertiary/aromatic N) is 2. The van der Waals surface area contributed by atoms with Crippen molar-refractivity contribution in [1.29, 1.82) is 0 Å². The zero-order chi connectivity index (χ0) is 18.2. The van der Waals surface area contributed by atoms with Crippen LogP contribution >= 0.6 is 0 Å². The summed E-state index contributed by atoms with van der Waals surface area (Å²) in [6, 6.07) is 7.79. The molecule has 5 heteroatoms. The summed E-state index contributed by atoms with van der Waals surface area (Å²) in [7, 11) is 5.27. The number of carbonyl (C=O) groups excluding carboxylic acids is 2. The first kappa shape index (κ1) is 19.3. The van der Waals surface area contributed by atoms with Crippen LogP contribution in [0.3, 0.4) is 0 Å². The second-order valence-corrected chi connectivity index (χ2v) is 6.98. The van der Waals surface area contributed by atoms with Crippen LogP contribution in [0.5, 0.6) is 5.75 Å². The van der Waals surface area contributed by atoms with E-state index in [1.165, 1.54) is 19.3 Å². The van der Waals surface area contributed by atoms with Crippen molar-refractivity contribution in [3.63, 3.8) is 0 Å². The standard InChI is InChI=1S/C20H30N2O3/c1-21(12-13-22(2)20(24)15-16-6-4-7-16)19(23)11-10-17-8-5-9-18(14-17)25-3/h5,8-9,14,16H,4,6-7,10-13,15H2,1-3H3. The molecule has 0 saturated heterocycles. The van der Waals surface area contributed by atoms with Crippen LogP contribution in [0.15, 0.2) is 24.3 Å². The molecule has 0 atom stereocenters. The first-order valence-electron chi connectivity index (χ1n) is 9.10. The van der Waals surface area contributed by atoms with Crippen LogP contribution in [-0.4, -0.2) is 55.9 Å². The molecule has 1 aliphatic carbocycles. The van der Waals surface area contributed by atoms with E-state index in [0.29, 0.717) is 38.3 Å². The normalized spacial score (nSPS) is 13.9. The molecule has 0 unspecified atom stereocenters. The molecule has 0 N–H and O–H groups in total. The number of ether oxygens (including phenoxy) is 1. The minimum atomic E-state index is 0.0997. The third kappa shape index (κ3) is 6.07. The number of benzene rings is 1. The molecule has 0 aromatic heterocycles. The van der Waals surface area contributed by atoms with Gasteiger partial charge >= 0.3 is 0 Å². The van der Waals surface area contributed by atoms with E-state index in [0.717, 1.165) is 11.3 Å². The molecule has 0 spiro atoms. The number of rotatable bonds is 9. The second-order valence-electron chi connectivity index (χ2n) is 6.98. The van der Waals surface area contributed by atoms with Gasteiger partial charge in [-0.2, -0.15) is 0 Å². The Labute approximate surface area is 150 Å². The summed E-state index contributed by atoms with van der Waals surface area (Å²) < 4.78 is 5.20. The van der Waals surface area contributed by atoms with Crippen molar-refractivity contribution >= 4 is 11.8 Å². The number of carbonyl (C=O) groups is 2. The molecule has 1 fully saturated rings. The topological polar surface area (TPSA) is 49.9 Å². The molecule has 1 aromatic rings. The van der Waals surface area contributed by atoms with Crippen LogP contribution in [0.4, 0.5) is 0 Å². The maximum atomic E-state index is 12.3. The summed E-state index contributed by atoms with van der Waals surface area (Å²) in [5.74, 6) is 1.69. The van der Waals surface area contributed by atoms with Gasteiger partial charge in [-0.3, -0.25) is 9.59 Å². The molecule has 25 heavy (non-hydrogen) atoms. The number of methoxy groups -OCH3 is 1. The van der Waals surface area contributed by atoms with Crippen molar-refractivity contribution in [1.82, 2.24) is 9.80 Å². The first-order chi connectivity index (χ1) is 12.0. The van der Waals surface area contributed by atoms with Crippen molar-refractivity contribution in [2.45, 2.75) is 38.5 Å². The van der Waals surface area contributed by atoms with Gasteiger partial charge in [0, 0.05) is 40.0 Å². The molecular weight excluding hydrogens is 316 g/mol. The minimum Gasteiger partial charge on any atom is -0.497 e. The Bertz CT molecular complexity index is 584. The number of aryl methyl sites for hydroxylation is 1. The van der Waals surface area contributed by atoms with Gasteiger partial charge in [0.05, 0.1) is 7.11 Å². The van der Waals surface area contributed by atoms with Crippen LogP contribution in [0.1, 0.15) is 37.7 Å². The summed E-state index contributed by atoms with van der Waals surface area (Å²) in [4.78, 5) is 27.9. The third-order valence-electron chi connectivity index (χ3n) is 5.07. The SMILES string of the molecule is COc1cccc(CCC(=O)N(C)CCN(C)C(=O)CC2CCC2)c1. The zero-order valence-electron chi connectivity index (χ0n) is 15.7. The Morgan fingerprint density at radius 1 is 1.12 bits per heavy atom. The molecule has 138 valence electrons. The third-order valence-corrected chi connectivity index (χ3v) is 5.07. The number of amides is 2. The van der Waals surface area contributed by atoms with Gasteiger partial charge in [-0.25, -0.2) is 0 Å². The Balaban J connectivity index is 1.69.